The SMILES string of the molecule is Cc1cc(C)c(NC(=O)N2CCN(c3ccccc3)CC2)c(Cl)c1. The number of halogens is 1. The lowest BCUT2D eigenvalue weighted by Gasteiger charge is -2.36. The summed E-state index contributed by atoms with van der Waals surface area (Å²) in [7, 11) is 0. The molecule has 0 radical (unpaired) electrons. The molecule has 1 heterocycles. The maximum absolute atomic E-state index is 12.5. The molecule has 2 aromatic carbocycles. The molecule has 0 spiro atoms. The second-order valence-electron chi connectivity index (χ2n) is 6.18. The molecule has 1 aliphatic heterocycles. The number of benzene rings is 2. The molecule has 0 unspecified atom stereocenters. The Morgan fingerprint density at radius 1 is 1.04 bits per heavy atom. The van der Waals surface area contributed by atoms with Crippen LogP contribution in [0.3, 0.4) is 0 Å². The van der Waals surface area contributed by atoms with E-state index in [9.17, 15) is 4.79 Å². The summed E-state index contributed by atoms with van der Waals surface area (Å²) in [5, 5.41) is 3.55. The number of hydrogen-bond acceptors (Lipinski definition) is 2. The number of urea groups is 1. The van der Waals surface area contributed by atoms with Gasteiger partial charge in [-0.1, -0.05) is 35.9 Å². The van der Waals surface area contributed by atoms with Crippen molar-refractivity contribution in [2.75, 3.05) is 36.4 Å². The minimum atomic E-state index is -0.0865. The number of para-hydroxylation sites is 1. The van der Waals surface area contributed by atoms with Crippen molar-refractivity contribution < 1.29 is 4.79 Å². The van der Waals surface area contributed by atoms with Crippen molar-refractivity contribution >= 4 is 29.0 Å². The van der Waals surface area contributed by atoms with Crippen LogP contribution in [-0.2, 0) is 0 Å². The Morgan fingerprint density at radius 2 is 1.71 bits per heavy atom. The van der Waals surface area contributed by atoms with Crippen LogP contribution in [0.1, 0.15) is 11.1 Å². The van der Waals surface area contributed by atoms with E-state index >= 15 is 0 Å². The highest BCUT2D eigenvalue weighted by Gasteiger charge is 2.22. The zero-order chi connectivity index (χ0) is 17.1. The quantitative estimate of drug-likeness (QED) is 0.881. The first-order valence-electron chi connectivity index (χ1n) is 8.17. The van der Waals surface area contributed by atoms with Gasteiger partial charge in [0.05, 0.1) is 10.7 Å². The van der Waals surface area contributed by atoms with Crippen LogP contribution in [0.25, 0.3) is 0 Å². The molecule has 0 saturated carbocycles. The number of carbonyl (C=O) groups is 1. The summed E-state index contributed by atoms with van der Waals surface area (Å²) in [6, 6.07) is 14.1. The third-order valence-electron chi connectivity index (χ3n) is 4.35. The van der Waals surface area contributed by atoms with Crippen molar-refractivity contribution in [1.82, 2.24) is 4.90 Å². The number of aryl methyl sites for hydroxylation is 2. The number of nitrogens with one attached hydrogen (secondary N) is 1. The molecule has 1 fully saturated rings. The van der Waals surface area contributed by atoms with Crippen molar-refractivity contribution in [2.45, 2.75) is 13.8 Å². The Kier molecular flexibility index (Phi) is 4.95. The maximum atomic E-state index is 12.5. The number of nitrogens with zero attached hydrogens (tertiary/aromatic N) is 2. The van der Waals surface area contributed by atoms with Crippen molar-refractivity contribution in [3.63, 3.8) is 0 Å². The molecule has 2 amide bonds. The van der Waals surface area contributed by atoms with Crippen molar-refractivity contribution in [3.8, 4) is 0 Å². The normalized spacial score (nSPS) is 14.6. The molecule has 126 valence electrons. The van der Waals surface area contributed by atoms with E-state index in [0.717, 1.165) is 24.2 Å². The van der Waals surface area contributed by atoms with E-state index < -0.39 is 0 Å². The summed E-state index contributed by atoms with van der Waals surface area (Å²) >= 11 is 6.28. The van der Waals surface area contributed by atoms with E-state index in [2.05, 4.69) is 22.3 Å². The van der Waals surface area contributed by atoms with Gasteiger partial charge in [-0.05, 0) is 43.2 Å². The van der Waals surface area contributed by atoms with Gasteiger partial charge in [0.15, 0.2) is 0 Å². The zero-order valence-corrected chi connectivity index (χ0v) is 14.8. The number of anilines is 2. The Bertz CT molecular complexity index is 702. The van der Waals surface area contributed by atoms with Crippen LogP contribution >= 0.6 is 11.6 Å². The summed E-state index contributed by atoms with van der Waals surface area (Å²) in [6.07, 6.45) is 0. The van der Waals surface area contributed by atoms with Crippen molar-refractivity contribution in [1.29, 1.82) is 0 Å². The molecule has 5 heteroatoms. The van der Waals surface area contributed by atoms with Crippen molar-refractivity contribution in [3.05, 3.63) is 58.6 Å². The fourth-order valence-electron chi connectivity index (χ4n) is 3.07. The number of carbonyl (C=O) groups excluding carboxylic acids is 1. The molecule has 24 heavy (non-hydrogen) atoms. The Labute approximate surface area is 148 Å². The molecule has 4 nitrogen and oxygen atoms in total. The average Bonchev–Trinajstić information content (AvgIpc) is 2.59. The predicted octanol–water partition coefficient (Wildman–Crippen LogP) is 4.31. The molecule has 1 N–H and O–H groups in total. The van der Waals surface area contributed by atoms with Crippen molar-refractivity contribution in [2.24, 2.45) is 0 Å². The topological polar surface area (TPSA) is 35.6 Å². The van der Waals surface area contributed by atoms with E-state index in [1.165, 1.54) is 5.69 Å². The Morgan fingerprint density at radius 3 is 2.33 bits per heavy atom. The van der Waals surface area contributed by atoms with Crippen LogP contribution in [0.5, 0.6) is 0 Å². The lowest BCUT2D eigenvalue weighted by molar-refractivity contribution is 0.208. The summed E-state index contributed by atoms with van der Waals surface area (Å²) < 4.78 is 0. The monoisotopic (exact) mass is 343 g/mol. The number of piperazine rings is 1. The van der Waals surface area contributed by atoms with E-state index in [-0.39, 0.29) is 6.03 Å². The maximum Gasteiger partial charge on any atom is 0.322 e. The molecule has 2 aromatic rings. The molecule has 3 rings (SSSR count). The number of amides is 2. The summed E-state index contributed by atoms with van der Waals surface area (Å²) in [4.78, 5) is 16.7. The summed E-state index contributed by atoms with van der Waals surface area (Å²) in [5.74, 6) is 0. The fourth-order valence-corrected chi connectivity index (χ4v) is 3.43. The van der Waals surface area contributed by atoms with Gasteiger partial charge in [0.1, 0.15) is 0 Å². The van der Waals surface area contributed by atoms with Gasteiger partial charge in [-0.2, -0.15) is 0 Å². The first-order chi connectivity index (χ1) is 11.5. The van der Waals surface area contributed by atoms with Gasteiger partial charge < -0.3 is 15.1 Å². The minimum absolute atomic E-state index is 0.0865. The van der Waals surface area contributed by atoms with E-state index in [4.69, 9.17) is 11.6 Å². The first-order valence-corrected chi connectivity index (χ1v) is 8.55. The standard InChI is InChI=1S/C19H22ClN3O/c1-14-12-15(2)18(17(20)13-14)21-19(24)23-10-8-22(9-11-23)16-6-4-3-5-7-16/h3-7,12-13H,8-11H2,1-2H3,(H,21,24). The number of rotatable bonds is 2. The van der Waals surface area contributed by atoms with Gasteiger partial charge in [0.25, 0.3) is 0 Å². The lowest BCUT2D eigenvalue weighted by atomic mass is 10.1. The highest BCUT2D eigenvalue weighted by molar-refractivity contribution is 6.34. The zero-order valence-electron chi connectivity index (χ0n) is 14.1. The molecule has 0 aliphatic carbocycles. The molecule has 0 atom stereocenters. The van der Waals surface area contributed by atoms with Gasteiger partial charge in [-0.25, -0.2) is 4.79 Å². The highest BCUT2D eigenvalue weighted by atomic mass is 35.5. The van der Waals surface area contributed by atoms with Gasteiger partial charge in [-0.15, -0.1) is 0 Å². The summed E-state index contributed by atoms with van der Waals surface area (Å²) in [5.41, 5.74) is 3.98. The Balaban J connectivity index is 1.62. The predicted molar refractivity (Wildman–Crippen MR) is 100 cm³/mol. The molecule has 0 bridgehead atoms. The summed E-state index contributed by atoms with van der Waals surface area (Å²) in [6.45, 7) is 7.01. The fraction of sp³-hybridized carbons (Fsp3) is 0.316. The van der Waals surface area contributed by atoms with Crippen LogP contribution in [-0.4, -0.2) is 37.1 Å². The van der Waals surface area contributed by atoms with Crippen LogP contribution in [0.15, 0.2) is 42.5 Å². The van der Waals surface area contributed by atoms with Gasteiger partial charge in [-0.3, -0.25) is 0 Å². The third kappa shape index (κ3) is 3.65. The van der Waals surface area contributed by atoms with Gasteiger partial charge in [0, 0.05) is 31.9 Å². The molecule has 1 aliphatic rings. The minimum Gasteiger partial charge on any atom is -0.368 e. The van der Waals surface area contributed by atoms with Crippen LogP contribution < -0.4 is 10.2 Å². The van der Waals surface area contributed by atoms with Gasteiger partial charge >= 0.3 is 6.03 Å². The smallest absolute Gasteiger partial charge is 0.322 e. The first kappa shape index (κ1) is 16.7. The second-order valence-corrected chi connectivity index (χ2v) is 6.59. The largest absolute Gasteiger partial charge is 0.368 e. The highest BCUT2D eigenvalue weighted by Crippen LogP contribution is 2.27. The lowest BCUT2D eigenvalue weighted by Crippen LogP contribution is -2.50. The molecular weight excluding hydrogens is 322 g/mol. The average molecular weight is 344 g/mol. The Hall–Kier alpha value is -2.20. The van der Waals surface area contributed by atoms with Crippen LogP contribution in [0.4, 0.5) is 16.2 Å². The van der Waals surface area contributed by atoms with E-state index in [0.29, 0.717) is 23.8 Å². The third-order valence-corrected chi connectivity index (χ3v) is 4.65. The second kappa shape index (κ2) is 7.14. The van der Waals surface area contributed by atoms with E-state index in [1.54, 1.807) is 0 Å². The van der Waals surface area contributed by atoms with Gasteiger partial charge in [0.2, 0.25) is 0 Å². The molecule has 0 aromatic heterocycles. The molecule has 1 saturated heterocycles. The van der Waals surface area contributed by atoms with Crippen LogP contribution in [0.2, 0.25) is 5.02 Å². The van der Waals surface area contributed by atoms with E-state index in [1.807, 2.05) is 49.1 Å². The number of hydrogen-bond donors (Lipinski definition) is 1. The molecular formula is C19H22ClN3O. The van der Waals surface area contributed by atoms with Crippen LogP contribution in [0, 0.1) is 13.8 Å².